The van der Waals surface area contributed by atoms with E-state index in [1.807, 2.05) is 0 Å². The lowest BCUT2D eigenvalue weighted by Gasteiger charge is -2.26. The lowest BCUT2D eigenvalue weighted by molar-refractivity contribution is -0.143. The van der Waals surface area contributed by atoms with Crippen molar-refractivity contribution in [3.8, 4) is 0 Å². The number of aromatic nitrogens is 2. The van der Waals surface area contributed by atoms with Crippen LogP contribution >= 0.6 is 0 Å². The minimum Gasteiger partial charge on any atom is -0.481 e. The molecule has 0 radical (unpaired) electrons. The van der Waals surface area contributed by atoms with E-state index in [1.165, 1.54) is 12.5 Å². The van der Waals surface area contributed by atoms with E-state index < -0.39 is 78.5 Å². The first kappa shape index (κ1) is 28.0. The number of hydrogen-bond donors (Lipinski definition) is 8. The van der Waals surface area contributed by atoms with Gasteiger partial charge in [0, 0.05) is 18.3 Å². The SMILES string of the molecule is CC(C)[C@H](NC(=O)[C@@H](N)CC(N)=O)C(=O)N[C@@H](CC(=O)O)C(=O)N[C@@H](Cc1cnc[nH]1)C(=O)O. The summed E-state index contributed by atoms with van der Waals surface area (Å²) in [6.07, 6.45) is 1.19. The third kappa shape index (κ3) is 9.23. The average Bonchev–Trinajstić information content (AvgIpc) is 3.22. The molecule has 4 atom stereocenters. The van der Waals surface area contributed by atoms with Crippen molar-refractivity contribution in [2.24, 2.45) is 17.4 Å². The quantitative estimate of drug-likeness (QED) is 0.131. The van der Waals surface area contributed by atoms with Gasteiger partial charge in [0.15, 0.2) is 0 Å². The number of nitrogens with zero attached hydrogens (tertiary/aromatic N) is 1. The molecule has 0 spiro atoms. The summed E-state index contributed by atoms with van der Waals surface area (Å²) in [4.78, 5) is 77.8. The zero-order valence-electron chi connectivity index (χ0n) is 18.6. The van der Waals surface area contributed by atoms with Gasteiger partial charge in [0.2, 0.25) is 23.6 Å². The molecule has 0 saturated carbocycles. The lowest BCUT2D eigenvalue weighted by Crippen LogP contribution is -2.59. The Hall–Kier alpha value is -4.01. The number of aliphatic carboxylic acids is 2. The third-order valence-electron chi connectivity index (χ3n) is 4.61. The second-order valence-corrected chi connectivity index (χ2v) is 7.85. The van der Waals surface area contributed by atoms with Gasteiger partial charge in [-0.1, -0.05) is 13.8 Å². The number of carboxylic acid groups (broad SMARTS) is 2. The highest BCUT2D eigenvalue weighted by Crippen LogP contribution is 2.06. The molecular formula is C19H29N7O8. The van der Waals surface area contributed by atoms with Gasteiger partial charge < -0.3 is 42.6 Å². The van der Waals surface area contributed by atoms with E-state index in [0.717, 1.165) is 0 Å². The van der Waals surface area contributed by atoms with E-state index in [0.29, 0.717) is 5.69 Å². The van der Waals surface area contributed by atoms with Gasteiger partial charge in [-0.15, -0.1) is 0 Å². The predicted octanol–water partition coefficient (Wildman–Crippen LogP) is -3.18. The molecule has 0 aliphatic heterocycles. The van der Waals surface area contributed by atoms with Gasteiger partial charge in [0.05, 0.1) is 25.2 Å². The summed E-state index contributed by atoms with van der Waals surface area (Å²) in [6, 6.07) is -5.64. The van der Waals surface area contributed by atoms with Gasteiger partial charge in [-0.05, 0) is 5.92 Å². The lowest BCUT2D eigenvalue weighted by atomic mass is 10.0. The summed E-state index contributed by atoms with van der Waals surface area (Å²) in [5.74, 6) is -6.98. The van der Waals surface area contributed by atoms with Crippen LogP contribution in [0.2, 0.25) is 0 Å². The topological polar surface area (TPSA) is 260 Å². The molecule has 10 N–H and O–H groups in total. The van der Waals surface area contributed by atoms with Crippen molar-refractivity contribution in [1.29, 1.82) is 0 Å². The second kappa shape index (κ2) is 12.9. The van der Waals surface area contributed by atoms with Gasteiger partial charge in [0.1, 0.15) is 18.1 Å². The van der Waals surface area contributed by atoms with Crippen molar-refractivity contribution < 1.29 is 39.0 Å². The maximum atomic E-state index is 12.8. The molecule has 15 nitrogen and oxygen atoms in total. The molecule has 0 fully saturated rings. The maximum Gasteiger partial charge on any atom is 0.326 e. The van der Waals surface area contributed by atoms with Crippen LogP contribution in [0.3, 0.4) is 0 Å². The fourth-order valence-electron chi connectivity index (χ4n) is 2.84. The summed E-state index contributed by atoms with van der Waals surface area (Å²) in [5.41, 5.74) is 11.0. The highest BCUT2D eigenvalue weighted by molar-refractivity contribution is 5.96. The van der Waals surface area contributed by atoms with Gasteiger partial charge in [-0.2, -0.15) is 0 Å². The summed E-state index contributed by atoms with van der Waals surface area (Å²) in [6.45, 7) is 3.14. The zero-order chi connectivity index (χ0) is 26.0. The largest absolute Gasteiger partial charge is 0.481 e. The molecule has 34 heavy (non-hydrogen) atoms. The average molecular weight is 483 g/mol. The Bertz CT molecular complexity index is 902. The van der Waals surface area contributed by atoms with Crippen LogP contribution in [0, 0.1) is 5.92 Å². The Balaban J connectivity index is 2.96. The first-order chi connectivity index (χ1) is 15.8. The number of rotatable bonds is 14. The summed E-state index contributed by atoms with van der Waals surface area (Å²) in [5, 5.41) is 25.3. The molecule has 15 heteroatoms. The Morgan fingerprint density at radius 1 is 0.971 bits per heavy atom. The first-order valence-electron chi connectivity index (χ1n) is 10.2. The number of nitrogens with one attached hydrogen (secondary N) is 4. The van der Waals surface area contributed by atoms with Crippen LogP contribution in [0.1, 0.15) is 32.4 Å². The van der Waals surface area contributed by atoms with E-state index in [9.17, 15) is 33.9 Å². The van der Waals surface area contributed by atoms with Crippen molar-refractivity contribution in [3.05, 3.63) is 18.2 Å². The van der Waals surface area contributed by atoms with E-state index >= 15 is 0 Å². The van der Waals surface area contributed by atoms with Crippen molar-refractivity contribution >= 4 is 35.6 Å². The molecule has 0 aromatic carbocycles. The predicted molar refractivity (Wildman–Crippen MR) is 115 cm³/mol. The molecule has 188 valence electrons. The number of aromatic amines is 1. The highest BCUT2D eigenvalue weighted by atomic mass is 16.4. The van der Waals surface area contributed by atoms with Crippen molar-refractivity contribution in [2.75, 3.05) is 0 Å². The van der Waals surface area contributed by atoms with E-state index in [2.05, 4.69) is 25.9 Å². The van der Waals surface area contributed by atoms with Gasteiger partial charge in [0.25, 0.3) is 0 Å². The summed E-state index contributed by atoms with van der Waals surface area (Å²) >= 11 is 0. The van der Waals surface area contributed by atoms with Crippen LogP contribution in [-0.2, 0) is 35.2 Å². The third-order valence-corrected chi connectivity index (χ3v) is 4.61. The molecule has 1 heterocycles. The van der Waals surface area contributed by atoms with Crippen LogP contribution in [0.5, 0.6) is 0 Å². The normalized spacial score (nSPS) is 14.4. The van der Waals surface area contributed by atoms with Crippen LogP contribution in [0.25, 0.3) is 0 Å². The standard InChI is InChI=1S/C19H29N7O8/c1-8(2)15(26-16(30)10(20)4-13(21)27)18(32)24-11(5-14(28)29)17(31)25-12(19(33)34)3-9-6-22-7-23-9/h6-8,10-12,15H,3-5,20H2,1-2H3,(H2,21,27)(H,22,23)(H,24,32)(H,25,31)(H,26,30)(H,28,29)(H,33,34)/t10-,11-,12-,15-/m0/s1. The van der Waals surface area contributed by atoms with Crippen LogP contribution in [-0.4, -0.2) is 79.9 Å². The number of carboxylic acids is 2. The van der Waals surface area contributed by atoms with Gasteiger partial charge >= 0.3 is 11.9 Å². The van der Waals surface area contributed by atoms with Crippen molar-refractivity contribution in [2.45, 2.75) is 57.3 Å². The molecule has 1 rings (SSSR count). The molecule has 1 aromatic rings. The number of primary amides is 1. The molecule has 0 aliphatic carbocycles. The number of nitrogens with two attached hydrogens (primary N) is 2. The maximum absolute atomic E-state index is 12.8. The Morgan fingerprint density at radius 2 is 1.59 bits per heavy atom. The highest BCUT2D eigenvalue weighted by Gasteiger charge is 2.33. The Labute approximate surface area is 194 Å². The van der Waals surface area contributed by atoms with E-state index in [4.69, 9.17) is 16.6 Å². The van der Waals surface area contributed by atoms with Crippen molar-refractivity contribution in [1.82, 2.24) is 25.9 Å². The summed E-state index contributed by atoms with van der Waals surface area (Å²) in [7, 11) is 0. The Kier molecular flexibility index (Phi) is 10.6. The molecule has 0 aliphatic rings. The van der Waals surface area contributed by atoms with E-state index in [-0.39, 0.29) is 6.42 Å². The van der Waals surface area contributed by atoms with Crippen LogP contribution in [0.15, 0.2) is 12.5 Å². The minimum absolute atomic E-state index is 0.169. The second-order valence-electron chi connectivity index (χ2n) is 7.85. The first-order valence-corrected chi connectivity index (χ1v) is 10.2. The molecule has 1 aromatic heterocycles. The summed E-state index contributed by atoms with van der Waals surface area (Å²) < 4.78 is 0. The number of carbonyl (C=O) groups excluding carboxylic acids is 4. The molecule has 0 bridgehead atoms. The number of H-pyrrole nitrogens is 1. The van der Waals surface area contributed by atoms with E-state index in [1.54, 1.807) is 13.8 Å². The molecule has 4 amide bonds. The minimum atomic E-state index is -1.65. The van der Waals surface area contributed by atoms with Crippen LogP contribution < -0.4 is 27.4 Å². The molecule has 0 unspecified atom stereocenters. The van der Waals surface area contributed by atoms with Crippen molar-refractivity contribution in [3.63, 3.8) is 0 Å². The van der Waals surface area contributed by atoms with Gasteiger partial charge in [-0.25, -0.2) is 9.78 Å². The number of carbonyl (C=O) groups is 6. The number of imidazole rings is 1. The van der Waals surface area contributed by atoms with Gasteiger partial charge in [-0.3, -0.25) is 24.0 Å². The molecule has 0 saturated heterocycles. The fourth-order valence-corrected chi connectivity index (χ4v) is 2.84. The molecular weight excluding hydrogens is 454 g/mol. The smallest absolute Gasteiger partial charge is 0.326 e. The zero-order valence-corrected chi connectivity index (χ0v) is 18.6. The number of amides is 4. The number of hydrogen-bond acceptors (Lipinski definition) is 8. The van der Waals surface area contributed by atoms with Crippen LogP contribution in [0.4, 0.5) is 0 Å². The fraction of sp³-hybridized carbons (Fsp3) is 0.526. The Morgan fingerprint density at radius 3 is 2.06 bits per heavy atom. The monoisotopic (exact) mass is 483 g/mol.